The third-order valence-corrected chi connectivity index (χ3v) is 6.16. The SMILES string of the molecule is O=C(O)C(F)(F)F.O=C(c1ccccc1F)N1CCC2(CC1)CC(N1CCCC1)CO2. The number of likely N-dealkylation sites (tertiary alicyclic amines) is 2. The van der Waals surface area contributed by atoms with Crippen molar-refractivity contribution in [2.75, 3.05) is 32.8 Å². The number of carbonyl (C=O) groups is 2. The van der Waals surface area contributed by atoms with Crippen LogP contribution in [-0.2, 0) is 9.53 Å². The highest BCUT2D eigenvalue weighted by Gasteiger charge is 2.45. The maximum absolute atomic E-state index is 13.8. The second-order valence-electron chi connectivity index (χ2n) is 8.17. The van der Waals surface area contributed by atoms with Crippen molar-refractivity contribution in [3.05, 3.63) is 35.6 Å². The van der Waals surface area contributed by atoms with Gasteiger partial charge in [-0.15, -0.1) is 0 Å². The maximum atomic E-state index is 13.8. The molecule has 1 spiro atoms. The summed E-state index contributed by atoms with van der Waals surface area (Å²) in [5, 5.41) is 7.12. The van der Waals surface area contributed by atoms with Gasteiger partial charge in [-0.3, -0.25) is 9.69 Å². The van der Waals surface area contributed by atoms with Gasteiger partial charge in [-0.25, -0.2) is 9.18 Å². The number of rotatable bonds is 2. The maximum Gasteiger partial charge on any atom is 0.490 e. The van der Waals surface area contributed by atoms with E-state index in [1.54, 1.807) is 23.1 Å². The standard InChI is InChI=1S/C19H25FN2O2.C2HF3O2/c20-17-6-2-1-5-16(17)18(23)22-11-7-19(8-12-22)13-15(14-24-19)21-9-3-4-10-21;3-2(4,5)1(6)7/h1-2,5-6,15H,3-4,7-14H2;(H,6,7). The molecule has 1 atom stereocenters. The molecule has 0 aromatic heterocycles. The fourth-order valence-electron chi connectivity index (χ4n) is 4.43. The molecule has 3 saturated heterocycles. The lowest BCUT2D eigenvalue weighted by molar-refractivity contribution is -0.192. The monoisotopic (exact) mass is 446 g/mol. The number of alkyl halides is 3. The van der Waals surface area contributed by atoms with E-state index in [2.05, 4.69) is 4.90 Å². The molecule has 3 heterocycles. The summed E-state index contributed by atoms with van der Waals surface area (Å²) in [7, 11) is 0. The van der Waals surface area contributed by atoms with E-state index in [0.717, 1.165) is 25.9 Å². The fourth-order valence-corrected chi connectivity index (χ4v) is 4.43. The summed E-state index contributed by atoms with van der Waals surface area (Å²) in [6, 6.07) is 6.78. The van der Waals surface area contributed by atoms with Gasteiger partial charge in [0.1, 0.15) is 5.82 Å². The van der Waals surface area contributed by atoms with Crippen LogP contribution in [0.2, 0.25) is 0 Å². The Kier molecular flexibility index (Phi) is 7.20. The van der Waals surface area contributed by atoms with Gasteiger partial charge in [0, 0.05) is 19.1 Å². The number of hydrogen-bond acceptors (Lipinski definition) is 4. The smallest absolute Gasteiger partial charge is 0.475 e. The van der Waals surface area contributed by atoms with Crippen molar-refractivity contribution < 1.29 is 37.0 Å². The summed E-state index contributed by atoms with van der Waals surface area (Å²) < 4.78 is 51.8. The summed E-state index contributed by atoms with van der Waals surface area (Å²) in [5.41, 5.74) is 0.106. The number of hydrogen-bond donors (Lipinski definition) is 1. The summed E-state index contributed by atoms with van der Waals surface area (Å²) in [6.45, 7) is 4.52. The van der Waals surface area contributed by atoms with Gasteiger partial charge in [0.15, 0.2) is 0 Å². The van der Waals surface area contributed by atoms with E-state index in [9.17, 15) is 22.4 Å². The quantitative estimate of drug-likeness (QED) is 0.706. The normalized spacial score (nSPS) is 23.5. The Morgan fingerprint density at radius 2 is 1.65 bits per heavy atom. The summed E-state index contributed by atoms with van der Waals surface area (Å²) in [6.07, 6.45) is 0.312. The van der Waals surface area contributed by atoms with Gasteiger partial charge in [0.2, 0.25) is 0 Å². The molecule has 1 amide bonds. The van der Waals surface area contributed by atoms with Crippen LogP contribution < -0.4 is 0 Å². The van der Waals surface area contributed by atoms with Crippen molar-refractivity contribution in [3.8, 4) is 0 Å². The van der Waals surface area contributed by atoms with Crippen LogP contribution >= 0.6 is 0 Å². The number of benzene rings is 1. The molecule has 0 radical (unpaired) electrons. The molecule has 10 heteroatoms. The molecule has 0 aliphatic carbocycles. The van der Waals surface area contributed by atoms with Gasteiger partial charge >= 0.3 is 12.1 Å². The fraction of sp³-hybridized carbons (Fsp3) is 0.619. The van der Waals surface area contributed by atoms with Crippen LogP contribution in [0.15, 0.2) is 24.3 Å². The number of amides is 1. The first-order chi connectivity index (χ1) is 14.6. The van der Waals surface area contributed by atoms with Crippen LogP contribution in [0.1, 0.15) is 42.5 Å². The molecular weight excluding hydrogens is 420 g/mol. The second kappa shape index (κ2) is 9.52. The van der Waals surface area contributed by atoms with E-state index in [0.29, 0.717) is 19.1 Å². The molecule has 1 aromatic carbocycles. The first kappa shape index (κ1) is 23.5. The topological polar surface area (TPSA) is 70.1 Å². The highest BCUT2D eigenvalue weighted by atomic mass is 19.4. The molecular formula is C21H26F4N2O4. The Hall–Kier alpha value is -2.20. The van der Waals surface area contributed by atoms with Crippen molar-refractivity contribution in [1.82, 2.24) is 9.80 Å². The van der Waals surface area contributed by atoms with Gasteiger partial charge in [-0.2, -0.15) is 13.2 Å². The number of carbonyl (C=O) groups excluding carboxylic acids is 1. The van der Waals surface area contributed by atoms with Crippen LogP contribution in [-0.4, -0.2) is 77.4 Å². The van der Waals surface area contributed by atoms with E-state index < -0.39 is 18.0 Å². The molecule has 3 aliphatic rings. The molecule has 0 bridgehead atoms. The third kappa shape index (κ3) is 5.74. The van der Waals surface area contributed by atoms with E-state index in [4.69, 9.17) is 14.6 Å². The average molecular weight is 446 g/mol. The van der Waals surface area contributed by atoms with Crippen LogP contribution in [0, 0.1) is 5.82 Å². The molecule has 172 valence electrons. The Balaban J connectivity index is 0.000000339. The van der Waals surface area contributed by atoms with E-state index in [1.807, 2.05) is 0 Å². The Morgan fingerprint density at radius 3 is 2.19 bits per heavy atom. The third-order valence-electron chi connectivity index (χ3n) is 6.16. The molecule has 0 saturated carbocycles. The van der Waals surface area contributed by atoms with E-state index in [-0.39, 0.29) is 17.1 Å². The molecule has 3 fully saturated rings. The minimum absolute atomic E-state index is 0.0702. The van der Waals surface area contributed by atoms with Crippen molar-refractivity contribution >= 4 is 11.9 Å². The zero-order valence-electron chi connectivity index (χ0n) is 17.0. The number of halogens is 4. The van der Waals surface area contributed by atoms with Gasteiger partial charge in [-0.1, -0.05) is 12.1 Å². The van der Waals surface area contributed by atoms with Crippen molar-refractivity contribution in [2.45, 2.75) is 49.9 Å². The minimum atomic E-state index is -5.08. The number of carboxylic acids is 1. The molecule has 3 aliphatic heterocycles. The molecule has 31 heavy (non-hydrogen) atoms. The first-order valence-corrected chi connectivity index (χ1v) is 10.3. The predicted molar refractivity (Wildman–Crippen MR) is 103 cm³/mol. The molecule has 1 aromatic rings. The minimum Gasteiger partial charge on any atom is -0.475 e. The van der Waals surface area contributed by atoms with Crippen LogP contribution in [0.25, 0.3) is 0 Å². The zero-order valence-corrected chi connectivity index (χ0v) is 17.0. The van der Waals surface area contributed by atoms with Crippen molar-refractivity contribution in [1.29, 1.82) is 0 Å². The summed E-state index contributed by atoms with van der Waals surface area (Å²) in [5.74, 6) is -3.39. The van der Waals surface area contributed by atoms with Crippen molar-refractivity contribution in [2.24, 2.45) is 0 Å². The number of aliphatic carboxylic acids is 1. The van der Waals surface area contributed by atoms with Crippen LogP contribution in [0.3, 0.4) is 0 Å². The summed E-state index contributed by atoms with van der Waals surface area (Å²) >= 11 is 0. The van der Waals surface area contributed by atoms with Crippen LogP contribution in [0.4, 0.5) is 17.6 Å². The highest BCUT2D eigenvalue weighted by Crippen LogP contribution is 2.38. The number of ether oxygens (including phenoxy) is 1. The van der Waals surface area contributed by atoms with E-state index >= 15 is 0 Å². The van der Waals surface area contributed by atoms with Gasteiger partial charge in [0.05, 0.1) is 17.8 Å². The Morgan fingerprint density at radius 1 is 1.06 bits per heavy atom. The molecule has 1 unspecified atom stereocenters. The largest absolute Gasteiger partial charge is 0.490 e. The van der Waals surface area contributed by atoms with Crippen LogP contribution in [0.5, 0.6) is 0 Å². The molecule has 1 N–H and O–H groups in total. The highest BCUT2D eigenvalue weighted by molar-refractivity contribution is 5.94. The first-order valence-electron chi connectivity index (χ1n) is 10.3. The predicted octanol–water partition coefficient (Wildman–Crippen LogP) is 3.32. The van der Waals surface area contributed by atoms with Gasteiger partial charge in [-0.05, 0) is 57.3 Å². The lowest BCUT2D eigenvalue weighted by atomic mass is 9.87. The van der Waals surface area contributed by atoms with Gasteiger partial charge < -0.3 is 14.7 Å². The Labute approximate surface area is 177 Å². The van der Waals surface area contributed by atoms with E-state index in [1.165, 1.54) is 32.0 Å². The average Bonchev–Trinajstić information content (AvgIpc) is 3.39. The second-order valence-corrected chi connectivity index (χ2v) is 8.17. The number of piperidine rings is 1. The summed E-state index contributed by atoms with van der Waals surface area (Å²) in [4.78, 5) is 25.8. The van der Waals surface area contributed by atoms with Crippen molar-refractivity contribution in [3.63, 3.8) is 0 Å². The lowest BCUT2D eigenvalue weighted by Gasteiger charge is -2.39. The number of carboxylic acid groups (broad SMARTS) is 1. The molecule has 4 rings (SSSR count). The molecule has 6 nitrogen and oxygen atoms in total. The Bertz CT molecular complexity index is 788. The number of nitrogens with zero attached hydrogens (tertiary/aromatic N) is 2. The zero-order chi connectivity index (χ0) is 22.6. The van der Waals surface area contributed by atoms with Gasteiger partial charge in [0.25, 0.3) is 5.91 Å². The lowest BCUT2D eigenvalue weighted by Crippen LogP contribution is -2.47.